The normalized spacial score (nSPS) is 11.8. The number of halogens is 4. The van der Waals surface area contributed by atoms with Gasteiger partial charge in [-0.1, -0.05) is 82.8 Å². The van der Waals surface area contributed by atoms with Crippen LogP contribution in [-0.2, 0) is 49.0 Å². The summed E-state index contributed by atoms with van der Waals surface area (Å²) >= 11 is 27.6. The van der Waals surface area contributed by atoms with Gasteiger partial charge in [0.2, 0.25) is 5.69 Å². The molecule has 0 saturated carbocycles. The number of carbonyl (C=O) groups is 2. The molecule has 4 aromatic carbocycles. The molecule has 70 heavy (non-hydrogen) atoms. The van der Waals surface area contributed by atoms with Crippen LogP contribution in [0.25, 0.3) is 16.0 Å². The largest absolute Gasteiger partial charge is 0.488 e. The van der Waals surface area contributed by atoms with E-state index in [9.17, 15) is 35.3 Å². The zero-order valence-electron chi connectivity index (χ0n) is 37.2. The molecule has 0 radical (unpaired) electrons. The Morgan fingerprint density at radius 3 is 1.74 bits per heavy atom. The van der Waals surface area contributed by atoms with Crippen LogP contribution in [0.3, 0.4) is 0 Å². The summed E-state index contributed by atoms with van der Waals surface area (Å²) in [5, 5.41) is 51.5. The molecule has 2 atom stereocenters. The average Bonchev–Trinajstić information content (AvgIpc) is 3.35. The number of nitrogens with zero attached hydrogens (tertiary/aromatic N) is 4. The number of pyridine rings is 2. The summed E-state index contributed by atoms with van der Waals surface area (Å²) in [6.45, 7) is 6.77. The molecular formula is C51H45Cl4N5O10. The predicted molar refractivity (Wildman–Crippen MR) is 263 cm³/mol. The number of aromatic nitrogens is 2. The Kier molecular flexibility index (Phi) is 19.4. The summed E-state index contributed by atoms with van der Waals surface area (Å²) in [5.74, 6) is -1.73. The Morgan fingerprint density at radius 1 is 0.657 bits per heavy atom. The third-order valence-corrected chi connectivity index (χ3v) is 12.4. The van der Waals surface area contributed by atoms with Gasteiger partial charge in [0.05, 0.1) is 38.1 Å². The number of carboxylic acid groups (broad SMARTS) is 2. The van der Waals surface area contributed by atoms with Crippen molar-refractivity contribution in [1.29, 1.82) is 5.26 Å². The summed E-state index contributed by atoms with van der Waals surface area (Å²) in [7, 11) is 0. The van der Waals surface area contributed by atoms with Gasteiger partial charge in [0.15, 0.2) is 0 Å². The second kappa shape index (κ2) is 25.8. The van der Waals surface area contributed by atoms with Crippen molar-refractivity contribution in [2.75, 3.05) is 13.2 Å². The fourth-order valence-electron chi connectivity index (χ4n) is 7.20. The summed E-state index contributed by atoms with van der Waals surface area (Å²) in [4.78, 5) is 35.2. The van der Waals surface area contributed by atoms with Crippen molar-refractivity contribution in [3.63, 3.8) is 0 Å². The van der Waals surface area contributed by atoms with Crippen LogP contribution < -0.4 is 24.3 Å². The minimum absolute atomic E-state index is 0.0194. The molecule has 2 unspecified atom stereocenters. The van der Waals surface area contributed by atoms with E-state index in [2.05, 4.69) is 20.1 Å². The lowest BCUT2D eigenvalue weighted by Gasteiger charge is -2.19. The van der Waals surface area contributed by atoms with Crippen LogP contribution in [0.4, 0.5) is 5.69 Å². The van der Waals surface area contributed by atoms with Crippen LogP contribution in [0.2, 0.25) is 20.1 Å². The van der Waals surface area contributed by atoms with Crippen LogP contribution in [-0.4, -0.2) is 61.6 Å². The second-order valence-electron chi connectivity index (χ2n) is 15.7. The van der Waals surface area contributed by atoms with Crippen LogP contribution in [0.5, 0.6) is 23.0 Å². The van der Waals surface area contributed by atoms with E-state index in [0.717, 1.165) is 0 Å². The molecule has 5 N–H and O–H groups in total. The molecule has 362 valence electrons. The molecule has 6 aromatic rings. The van der Waals surface area contributed by atoms with E-state index in [0.29, 0.717) is 77.3 Å². The maximum Gasteiger partial charge on any atom is 0.320 e. The number of nitriles is 1. The minimum atomic E-state index is -1.13. The zero-order chi connectivity index (χ0) is 50.2. The molecule has 2 aromatic heterocycles. The van der Waals surface area contributed by atoms with E-state index in [4.69, 9.17) is 71.9 Å². The van der Waals surface area contributed by atoms with Crippen molar-refractivity contribution < 1.29 is 49.0 Å². The lowest BCUT2D eigenvalue weighted by atomic mass is 9.96. The Bertz CT molecular complexity index is 2720. The van der Waals surface area contributed by atoms with Gasteiger partial charge in [-0.25, -0.2) is 4.85 Å². The highest BCUT2D eigenvalue weighted by Crippen LogP contribution is 2.40. The maximum absolute atomic E-state index is 11.8. The third kappa shape index (κ3) is 14.2. The molecular weight excluding hydrogens is 984 g/mol. The smallest absolute Gasteiger partial charge is 0.320 e. The van der Waals surface area contributed by atoms with E-state index >= 15 is 0 Å². The topological polar surface area (TPSA) is 218 Å². The number of nitrogens with one attached hydrogen (secondary N) is 1. The monoisotopic (exact) mass is 1030 g/mol. The second-order valence-corrected chi connectivity index (χ2v) is 17.3. The molecule has 6 rings (SSSR count). The molecule has 0 saturated heterocycles. The quantitative estimate of drug-likeness (QED) is 0.0337. The molecule has 0 aliphatic carbocycles. The third-order valence-electron chi connectivity index (χ3n) is 10.9. The first-order valence-electron chi connectivity index (χ1n) is 21.6. The molecule has 0 aliphatic rings. The molecule has 0 amide bonds. The number of aliphatic hydroxyl groups is 2. The van der Waals surface area contributed by atoms with Gasteiger partial charge >= 0.3 is 11.9 Å². The molecule has 0 spiro atoms. The van der Waals surface area contributed by atoms with Gasteiger partial charge in [-0.15, -0.1) is 0 Å². The predicted octanol–water partition coefficient (Wildman–Crippen LogP) is 10.4. The Labute approximate surface area is 423 Å². The van der Waals surface area contributed by atoms with Gasteiger partial charge in [0, 0.05) is 90.1 Å². The number of hydrogen-bond acceptors (Lipinski definition) is 12. The highest BCUT2D eigenvalue weighted by atomic mass is 35.5. The first-order valence-corrected chi connectivity index (χ1v) is 23.1. The number of aliphatic carboxylic acids is 2. The highest BCUT2D eigenvalue weighted by Gasteiger charge is 2.22. The highest BCUT2D eigenvalue weighted by molar-refractivity contribution is 6.37. The van der Waals surface area contributed by atoms with E-state index < -0.39 is 23.9 Å². The van der Waals surface area contributed by atoms with Crippen molar-refractivity contribution in [3.8, 4) is 40.2 Å². The lowest BCUT2D eigenvalue weighted by Crippen LogP contribution is -2.37. The number of carboxylic acids is 2. The fourth-order valence-corrected chi connectivity index (χ4v) is 8.25. The van der Waals surface area contributed by atoms with Gasteiger partial charge in [-0.3, -0.25) is 19.6 Å². The Morgan fingerprint density at radius 2 is 1.20 bits per heavy atom. The van der Waals surface area contributed by atoms with Gasteiger partial charge in [0.1, 0.15) is 61.5 Å². The number of aryl methyl sites for hydroxylation is 1. The summed E-state index contributed by atoms with van der Waals surface area (Å²) < 4.78 is 24.8. The standard InChI is InChI=1S/C51H45Cl4N5O10/c1-57-38-15-32(23-59-25-38)27-67-44-18-46(41(52)16-34(44)9-8-33(10-12-61)50(63)64)69-28-35-4-2-6-39(48(35)54)40-7-3-5-36(49(40)55)29-70-47-19-45(68-26-31-14-30(20-56)21-58-22-31)37(17-42(47)53)24-60-43(11-13-62)51(65)66/h2-7,14-19,21-23,25,33,43,60-62H,8-13,24,26-29H2,(H,63,64)(H,65,66). The molecule has 19 heteroatoms. The summed E-state index contributed by atoms with van der Waals surface area (Å²) in [6, 6.07) is 21.6. The number of benzene rings is 4. The summed E-state index contributed by atoms with van der Waals surface area (Å²) in [5.41, 5.74) is 5.49. The van der Waals surface area contributed by atoms with Gasteiger partial charge < -0.3 is 44.7 Å². The van der Waals surface area contributed by atoms with E-state index in [-0.39, 0.29) is 93.4 Å². The number of hydrogen-bond donors (Lipinski definition) is 5. The molecule has 0 fully saturated rings. The first kappa shape index (κ1) is 52.7. The van der Waals surface area contributed by atoms with Crippen molar-refractivity contribution in [2.45, 2.75) is 64.7 Å². The SMILES string of the molecule is [C-]#[N+]c1cncc(COc2cc(OCc3cccc(-c4cccc(COc5cc(OCc6cncc(C#N)c6)c(CNC(CCO)C(=O)O)cc5Cl)c4Cl)c3Cl)c(Cl)cc2CCC(CCO)C(=O)O)c1. The van der Waals surface area contributed by atoms with E-state index in [1.807, 2.05) is 24.3 Å². The number of rotatable bonds is 25. The number of aliphatic hydroxyl groups excluding tert-OH is 2. The summed E-state index contributed by atoms with van der Waals surface area (Å²) in [6.07, 6.45) is 6.58. The van der Waals surface area contributed by atoms with Gasteiger partial charge in [-0.05, 0) is 61.1 Å². The van der Waals surface area contributed by atoms with Crippen LogP contribution in [0, 0.1) is 23.8 Å². The fraction of sp³-hybridized carbons (Fsp3) is 0.255. The van der Waals surface area contributed by atoms with Crippen molar-refractivity contribution in [3.05, 3.63) is 168 Å². The molecule has 2 heterocycles. The lowest BCUT2D eigenvalue weighted by molar-refractivity contribution is -0.142. The average molecular weight is 1030 g/mol. The molecule has 15 nitrogen and oxygen atoms in total. The molecule has 0 bridgehead atoms. The van der Waals surface area contributed by atoms with E-state index in [1.165, 1.54) is 12.4 Å². The molecule has 0 aliphatic heterocycles. The maximum atomic E-state index is 11.8. The van der Waals surface area contributed by atoms with Gasteiger partial charge in [0.25, 0.3) is 0 Å². The Hall–Kier alpha value is -6.66. The zero-order valence-corrected chi connectivity index (χ0v) is 40.2. The van der Waals surface area contributed by atoms with Gasteiger partial charge in [-0.2, -0.15) is 5.26 Å². The van der Waals surface area contributed by atoms with Crippen LogP contribution in [0.15, 0.2) is 97.6 Å². The van der Waals surface area contributed by atoms with Crippen molar-refractivity contribution >= 4 is 64.0 Å². The Balaban J connectivity index is 1.21. The van der Waals surface area contributed by atoms with Crippen LogP contribution in [0.1, 0.15) is 58.2 Å². The number of ether oxygens (including phenoxy) is 4. The first-order chi connectivity index (χ1) is 33.8. The van der Waals surface area contributed by atoms with E-state index in [1.54, 1.807) is 67.0 Å². The van der Waals surface area contributed by atoms with Crippen molar-refractivity contribution in [2.24, 2.45) is 5.92 Å². The van der Waals surface area contributed by atoms with Crippen LogP contribution >= 0.6 is 46.4 Å². The minimum Gasteiger partial charge on any atom is -0.488 e. The van der Waals surface area contributed by atoms with Crippen molar-refractivity contribution in [1.82, 2.24) is 15.3 Å².